The van der Waals surface area contributed by atoms with Crippen LogP contribution in [0.25, 0.3) is 11.3 Å². The lowest BCUT2D eigenvalue weighted by molar-refractivity contribution is 0.0778. The van der Waals surface area contributed by atoms with Crippen molar-refractivity contribution in [3.63, 3.8) is 0 Å². The number of piperidine rings is 1. The number of amides is 1. The molecule has 0 unspecified atom stereocenters. The van der Waals surface area contributed by atoms with Gasteiger partial charge in [0, 0.05) is 31.1 Å². The first-order valence-electron chi connectivity index (χ1n) is 12.8. The summed E-state index contributed by atoms with van der Waals surface area (Å²) >= 11 is 0. The van der Waals surface area contributed by atoms with E-state index in [4.69, 9.17) is 10.5 Å². The molecule has 4 heterocycles. The number of anilines is 2. The summed E-state index contributed by atoms with van der Waals surface area (Å²) in [6.45, 7) is 6.63. The van der Waals surface area contributed by atoms with Crippen molar-refractivity contribution in [1.82, 2.24) is 9.97 Å². The van der Waals surface area contributed by atoms with Crippen LogP contribution in [0.4, 0.5) is 24.5 Å². The Labute approximate surface area is 224 Å². The number of rotatable bonds is 5. The molecule has 1 aromatic carbocycles. The van der Waals surface area contributed by atoms with Crippen LogP contribution < -0.4 is 20.7 Å². The number of fused-ring (bicyclic) bond motifs is 1. The highest BCUT2D eigenvalue weighted by Gasteiger charge is 2.31. The van der Waals surface area contributed by atoms with E-state index in [1.165, 1.54) is 20.0 Å². The molecule has 2 atom stereocenters. The van der Waals surface area contributed by atoms with Gasteiger partial charge in [-0.1, -0.05) is 6.92 Å². The van der Waals surface area contributed by atoms with Crippen LogP contribution in [0, 0.1) is 23.4 Å². The van der Waals surface area contributed by atoms with Crippen LogP contribution in [0.15, 0.2) is 30.5 Å². The summed E-state index contributed by atoms with van der Waals surface area (Å²) in [5, 5.41) is 12.9. The van der Waals surface area contributed by atoms with Gasteiger partial charge in [0.05, 0.1) is 35.3 Å². The second-order valence-electron chi connectivity index (χ2n) is 10.8. The molecule has 1 saturated heterocycles. The number of carbonyl (C=O) groups excluding carboxylic acids is 1. The number of nitrogens with two attached hydrogens (primary N) is 1. The van der Waals surface area contributed by atoms with Crippen molar-refractivity contribution in [2.45, 2.75) is 45.3 Å². The van der Waals surface area contributed by atoms with E-state index in [0.29, 0.717) is 37.1 Å². The van der Waals surface area contributed by atoms with Gasteiger partial charge in [-0.3, -0.25) is 4.79 Å². The van der Waals surface area contributed by atoms with Gasteiger partial charge in [0.25, 0.3) is 5.91 Å². The van der Waals surface area contributed by atoms with E-state index in [0.717, 1.165) is 48.5 Å². The summed E-state index contributed by atoms with van der Waals surface area (Å²) in [6.07, 6.45) is 2.98. The minimum absolute atomic E-state index is 0.0251. The lowest BCUT2D eigenvalue weighted by Crippen LogP contribution is -2.47. The van der Waals surface area contributed by atoms with Crippen molar-refractivity contribution in [3.05, 3.63) is 64.7 Å². The molecule has 206 valence electrons. The predicted molar refractivity (Wildman–Crippen MR) is 140 cm³/mol. The molecular formula is C28H30F3N5O3. The van der Waals surface area contributed by atoms with Crippen LogP contribution in [0.5, 0.6) is 5.88 Å². The first-order chi connectivity index (χ1) is 18.4. The van der Waals surface area contributed by atoms with Gasteiger partial charge in [-0.2, -0.15) is 0 Å². The Morgan fingerprint density at radius 1 is 1.18 bits per heavy atom. The molecule has 5 rings (SSSR count). The normalized spacial score (nSPS) is 19.0. The highest BCUT2D eigenvalue weighted by atomic mass is 19.1. The number of aromatic nitrogens is 2. The standard InChI is InChI=1S/C28H30F3N5O3/c1-14-8-16(32)13-36(12-14)25-17-6-7-39-27(17)33-11-22(25)35-26(37)21-5-4-18(29)24(34-21)23-19(30)9-15(10-20(23)31)28(2,3)38/h4-5,9-11,14,16,38H,6-8,12-13,32H2,1-3H3,(H,35,37)/t14-,16+/m1/s1. The van der Waals surface area contributed by atoms with E-state index in [9.17, 15) is 23.1 Å². The number of nitrogens with zero attached hydrogens (tertiary/aromatic N) is 3. The van der Waals surface area contributed by atoms with Crippen LogP contribution in [0.1, 0.15) is 48.8 Å². The van der Waals surface area contributed by atoms with Gasteiger partial charge in [0.2, 0.25) is 5.88 Å². The van der Waals surface area contributed by atoms with Gasteiger partial charge < -0.3 is 25.8 Å². The highest BCUT2D eigenvalue weighted by Crippen LogP contribution is 2.40. The van der Waals surface area contributed by atoms with E-state index in [1.54, 1.807) is 0 Å². The average molecular weight is 542 g/mol. The largest absolute Gasteiger partial charge is 0.477 e. The van der Waals surface area contributed by atoms with E-state index in [2.05, 4.69) is 27.1 Å². The van der Waals surface area contributed by atoms with Crippen molar-refractivity contribution < 1.29 is 27.8 Å². The Bertz CT molecular complexity index is 1410. The molecule has 0 bridgehead atoms. The molecule has 8 nitrogen and oxygen atoms in total. The number of hydrogen-bond donors (Lipinski definition) is 3. The summed E-state index contributed by atoms with van der Waals surface area (Å²) in [7, 11) is 0. The van der Waals surface area contributed by atoms with Crippen LogP contribution in [0.3, 0.4) is 0 Å². The smallest absolute Gasteiger partial charge is 0.274 e. The third-order valence-electron chi connectivity index (χ3n) is 7.02. The zero-order chi connectivity index (χ0) is 28.1. The fourth-order valence-electron chi connectivity index (χ4n) is 5.24. The maximum absolute atomic E-state index is 14.9. The summed E-state index contributed by atoms with van der Waals surface area (Å²) < 4.78 is 50.3. The predicted octanol–water partition coefficient (Wildman–Crippen LogP) is 4.15. The average Bonchev–Trinajstić information content (AvgIpc) is 3.32. The summed E-state index contributed by atoms with van der Waals surface area (Å²) in [4.78, 5) is 23.7. The van der Waals surface area contributed by atoms with Crippen LogP contribution in [-0.2, 0) is 12.0 Å². The molecule has 0 aliphatic carbocycles. The van der Waals surface area contributed by atoms with Gasteiger partial charge in [0.1, 0.15) is 28.8 Å². The van der Waals surface area contributed by atoms with Crippen molar-refractivity contribution in [1.29, 1.82) is 0 Å². The topological polar surface area (TPSA) is 114 Å². The van der Waals surface area contributed by atoms with E-state index < -0.39 is 40.2 Å². The molecule has 39 heavy (non-hydrogen) atoms. The molecule has 2 aliphatic heterocycles. The molecule has 0 spiro atoms. The minimum atomic E-state index is -1.52. The second kappa shape index (κ2) is 10.1. The zero-order valence-corrected chi connectivity index (χ0v) is 21.9. The highest BCUT2D eigenvalue weighted by molar-refractivity contribution is 6.05. The third-order valence-corrected chi connectivity index (χ3v) is 7.02. The number of benzene rings is 1. The first-order valence-corrected chi connectivity index (χ1v) is 12.8. The van der Waals surface area contributed by atoms with Gasteiger partial charge in [0.15, 0.2) is 0 Å². The van der Waals surface area contributed by atoms with Crippen molar-refractivity contribution in [3.8, 4) is 17.1 Å². The minimum Gasteiger partial charge on any atom is -0.477 e. The number of aliphatic hydroxyl groups is 1. The Morgan fingerprint density at radius 2 is 1.90 bits per heavy atom. The zero-order valence-electron chi connectivity index (χ0n) is 21.9. The van der Waals surface area contributed by atoms with Gasteiger partial charge >= 0.3 is 0 Å². The molecule has 3 aromatic rings. The molecule has 2 aromatic heterocycles. The van der Waals surface area contributed by atoms with E-state index in [-0.39, 0.29) is 17.3 Å². The summed E-state index contributed by atoms with van der Waals surface area (Å²) in [5.41, 5.74) is 5.13. The molecule has 1 fully saturated rings. The number of pyridine rings is 2. The first kappa shape index (κ1) is 26.9. The maximum Gasteiger partial charge on any atom is 0.274 e. The lowest BCUT2D eigenvalue weighted by atomic mass is 9.95. The fourth-order valence-corrected chi connectivity index (χ4v) is 5.24. The Hall–Kier alpha value is -3.70. The second-order valence-corrected chi connectivity index (χ2v) is 10.8. The van der Waals surface area contributed by atoms with Gasteiger partial charge in [-0.05, 0) is 56.0 Å². The van der Waals surface area contributed by atoms with Crippen molar-refractivity contribution >= 4 is 17.3 Å². The monoisotopic (exact) mass is 541 g/mol. The maximum atomic E-state index is 14.9. The Balaban J connectivity index is 1.50. The summed E-state index contributed by atoms with van der Waals surface area (Å²) in [5.74, 6) is -3.11. The molecule has 0 saturated carbocycles. The quantitative estimate of drug-likeness (QED) is 0.445. The van der Waals surface area contributed by atoms with Crippen LogP contribution in [0.2, 0.25) is 0 Å². The molecule has 0 radical (unpaired) electrons. The lowest BCUT2D eigenvalue weighted by Gasteiger charge is -2.38. The van der Waals surface area contributed by atoms with E-state index >= 15 is 0 Å². The number of nitrogens with one attached hydrogen (secondary N) is 1. The Morgan fingerprint density at radius 3 is 2.56 bits per heavy atom. The van der Waals surface area contributed by atoms with Crippen molar-refractivity contribution in [2.24, 2.45) is 11.7 Å². The Kier molecular flexibility index (Phi) is 6.98. The third kappa shape index (κ3) is 5.28. The number of hydrogen-bond acceptors (Lipinski definition) is 7. The van der Waals surface area contributed by atoms with Crippen LogP contribution in [-0.4, -0.2) is 46.7 Å². The number of carbonyl (C=O) groups is 1. The molecule has 4 N–H and O–H groups in total. The molecule has 2 aliphatic rings. The molecule has 1 amide bonds. The number of ether oxygens (including phenoxy) is 1. The van der Waals surface area contributed by atoms with E-state index in [1.807, 2.05) is 0 Å². The SMILES string of the molecule is C[C@@H]1C[C@H](N)CN(c2c(NC(=O)c3ccc(F)c(-c4c(F)cc(C(C)(C)O)cc4F)n3)cnc3c2CCO3)C1. The van der Waals surface area contributed by atoms with Crippen molar-refractivity contribution in [2.75, 3.05) is 29.9 Å². The molecular weight excluding hydrogens is 511 g/mol. The van der Waals surface area contributed by atoms with Gasteiger partial charge in [-0.25, -0.2) is 23.1 Å². The summed E-state index contributed by atoms with van der Waals surface area (Å²) in [6, 6.07) is 3.86. The van der Waals surface area contributed by atoms with Crippen LogP contribution >= 0.6 is 0 Å². The fraction of sp³-hybridized carbons (Fsp3) is 0.393. The molecule has 11 heteroatoms. The van der Waals surface area contributed by atoms with Gasteiger partial charge in [-0.15, -0.1) is 0 Å². The number of halogens is 3.